The van der Waals surface area contributed by atoms with Crippen molar-refractivity contribution in [2.75, 3.05) is 25.6 Å². The largest absolute Gasteiger partial charge is 0.354 e. The average Bonchev–Trinajstić information content (AvgIpc) is 2.96. The van der Waals surface area contributed by atoms with Crippen LogP contribution >= 0.6 is 0 Å². The maximum Gasteiger partial charge on any atom is 0.275 e. The Kier molecular flexibility index (Phi) is 4.61. The van der Waals surface area contributed by atoms with Crippen molar-refractivity contribution < 1.29 is 13.2 Å². The Morgan fingerprint density at radius 3 is 2.64 bits per heavy atom. The molecule has 1 atom stereocenters. The summed E-state index contributed by atoms with van der Waals surface area (Å²) in [5, 5.41) is 7.65. The van der Waals surface area contributed by atoms with Gasteiger partial charge in [-0.25, -0.2) is 13.1 Å². The topological polar surface area (TPSA) is 101 Å². The van der Waals surface area contributed by atoms with Gasteiger partial charge < -0.3 is 5.32 Å². The normalized spacial score (nSPS) is 19.4. The molecule has 0 spiro atoms. The maximum atomic E-state index is 12.7. The Labute approximate surface area is 145 Å². The van der Waals surface area contributed by atoms with Gasteiger partial charge in [-0.3, -0.25) is 14.5 Å². The molecule has 1 amide bonds. The van der Waals surface area contributed by atoms with E-state index in [1.54, 1.807) is 36.2 Å². The summed E-state index contributed by atoms with van der Waals surface area (Å²) >= 11 is 0. The number of amides is 1. The third kappa shape index (κ3) is 3.42. The number of carbonyl (C=O) groups is 1. The number of carbonyl (C=O) groups excluding carboxylic acids is 1. The van der Waals surface area contributed by atoms with Gasteiger partial charge in [0.05, 0.1) is 23.6 Å². The molecule has 0 saturated carbocycles. The molecule has 134 valence electrons. The minimum absolute atomic E-state index is 0.0775. The molecule has 1 aromatic carbocycles. The van der Waals surface area contributed by atoms with Crippen molar-refractivity contribution >= 4 is 26.5 Å². The van der Waals surface area contributed by atoms with Crippen LogP contribution in [-0.4, -0.2) is 60.6 Å². The fraction of sp³-hybridized carbons (Fsp3) is 0.438. The van der Waals surface area contributed by atoms with E-state index in [4.69, 9.17) is 0 Å². The van der Waals surface area contributed by atoms with Gasteiger partial charge in [0.15, 0.2) is 15.5 Å². The highest BCUT2D eigenvalue weighted by atomic mass is 32.2. The van der Waals surface area contributed by atoms with Crippen molar-refractivity contribution in [3.8, 4) is 0 Å². The first kappa shape index (κ1) is 17.6. The first-order valence-corrected chi connectivity index (χ1v) is 9.77. The Bertz CT molecular complexity index is 983. The summed E-state index contributed by atoms with van der Waals surface area (Å²) in [5.41, 5.74) is -0.138. The average molecular weight is 364 g/mol. The molecule has 0 unspecified atom stereocenters. The lowest BCUT2D eigenvalue weighted by molar-refractivity contribution is 0.0955. The van der Waals surface area contributed by atoms with Crippen molar-refractivity contribution in [1.29, 1.82) is 0 Å². The minimum Gasteiger partial charge on any atom is -0.354 e. The maximum absolute atomic E-state index is 12.7. The Balaban J connectivity index is 2.00. The third-order valence-corrected chi connectivity index (χ3v) is 6.25. The molecule has 1 aliphatic rings. The second-order valence-electron chi connectivity index (χ2n) is 6.23. The van der Waals surface area contributed by atoms with Crippen LogP contribution in [0.3, 0.4) is 0 Å². The van der Waals surface area contributed by atoms with Gasteiger partial charge in [0.2, 0.25) is 0 Å². The van der Waals surface area contributed by atoms with Crippen molar-refractivity contribution in [3.05, 3.63) is 40.3 Å². The lowest BCUT2D eigenvalue weighted by Crippen LogP contribution is -2.39. The van der Waals surface area contributed by atoms with E-state index in [1.165, 1.54) is 11.7 Å². The fourth-order valence-electron chi connectivity index (χ4n) is 3.07. The van der Waals surface area contributed by atoms with Gasteiger partial charge in [0.25, 0.3) is 11.5 Å². The van der Waals surface area contributed by atoms with Crippen LogP contribution in [0.15, 0.2) is 29.1 Å². The van der Waals surface area contributed by atoms with Gasteiger partial charge in [0.1, 0.15) is 0 Å². The lowest BCUT2D eigenvalue weighted by Gasteiger charge is -2.23. The van der Waals surface area contributed by atoms with Crippen LogP contribution in [0.4, 0.5) is 0 Å². The van der Waals surface area contributed by atoms with Gasteiger partial charge in [-0.05, 0) is 19.5 Å². The second-order valence-corrected chi connectivity index (χ2v) is 8.46. The highest BCUT2D eigenvalue weighted by Gasteiger charge is 2.31. The van der Waals surface area contributed by atoms with Crippen LogP contribution in [0.1, 0.15) is 16.9 Å². The molecule has 3 rings (SSSR count). The first-order valence-electron chi connectivity index (χ1n) is 7.95. The van der Waals surface area contributed by atoms with E-state index >= 15 is 0 Å². The summed E-state index contributed by atoms with van der Waals surface area (Å²) in [6.07, 6.45) is 0.531. The lowest BCUT2D eigenvalue weighted by atomic mass is 10.1. The van der Waals surface area contributed by atoms with Gasteiger partial charge >= 0.3 is 0 Å². The minimum atomic E-state index is -3.02. The van der Waals surface area contributed by atoms with Crippen molar-refractivity contribution in [1.82, 2.24) is 20.0 Å². The number of fused-ring (bicyclic) bond motifs is 1. The molecule has 25 heavy (non-hydrogen) atoms. The van der Waals surface area contributed by atoms with E-state index in [0.717, 1.165) is 0 Å². The zero-order valence-corrected chi connectivity index (χ0v) is 14.9. The van der Waals surface area contributed by atoms with Crippen LogP contribution in [0.25, 0.3) is 10.8 Å². The molecule has 2 aromatic rings. The number of hydrogen-bond acceptors (Lipinski definition) is 6. The molecule has 1 aliphatic heterocycles. The Morgan fingerprint density at radius 1 is 1.36 bits per heavy atom. The zero-order chi connectivity index (χ0) is 18.2. The fourth-order valence-corrected chi connectivity index (χ4v) is 4.87. The summed E-state index contributed by atoms with van der Waals surface area (Å²) in [5.74, 6) is -0.143. The molecular weight excluding hydrogens is 344 g/mol. The van der Waals surface area contributed by atoms with Crippen molar-refractivity contribution in [2.45, 2.75) is 19.1 Å². The highest BCUT2D eigenvalue weighted by Crippen LogP contribution is 2.17. The molecule has 0 aliphatic carbocycles. The van der Waals surface area contributed by atoms with Crippen LogP contribution in [-0.2, 0) is 16.5 Å². The van der Waals surface area contributed by atoms with Gasteiger partial charge in [-0.1, -0.05) is 18.2 Å². The van der Waals surface area contributed by atoms with E-state index in [0.29, 0.717) is 17.2 Å². The van der Waals surface area contributed by atoms with E-state index < -0.39 is 9.84 Å². The van der Waals surface area contributed by atoms with Crippen LogP contribution in [0.5, 0.6) is 0 Å². The quantitative estimate of drug-likeness (QED) is 0.808. The molecule has 1 fully saturated rings. The van der Waals surface area contributed by atoms with Crippen LogP contribution in [0.2, 0.25) is 0 Å². The van der Waals surface area contributed by atoms with Crippen LogP contribution in [0, 0.1) is 0 Å². The molecule has 1 saturated heterocycles. The van der Waals surface area contributed by atoms with E-state index in [2.05, 4.69) is 10.4 Å². The number of aromatic nitrogens is 2. The van der Waals surface area contributed by atoms with E-state index in [-0.39, 0.29) is 41.4 Å². The standard InChI is InChI=1S/C16H20N4O4S/c1-17-15(21)14-12-5-3-4-6-13(12)16(22)20(18-14)10-19(2)11-7-8-25(23,24)9-11/h3-6,11H,7-10H2,1-2H3,(H,17,21)/t11-/m0/s1. The number of rotatable bonds is 4. The van der Waals surface area contributed by atoms with E-state index in [9.17, 15) is 18.0 Å². The number of benzene rings is 1. The molecule has 9 heteroatoms. The Morgan fingerprint density at radius 2 is 2.04 bits per heavy atom. The number of nitrogens with zero attached hydrogens (tertiary/aromatic N) is 3. The summed E-state index contributed by atoms with van der Waals surface area (Å²) < 4.78 is 24.5. The third-order valence-electron chi connectivity index (χ3n) is 4.50. The number of sulfone groups is 1. The van der Waals surface area contributed by atoms with Crippen LogP contribution < -0.4 is 10.9 Å². The number of nitrogens with one attached hydrogen (secondary N) is 1. The van der Waals surface area contributed by atoms with Gasteiger partial charge in [0, 0.05) is 18.5 Å². The number of hydrogen-bond donors (Lipinski definition) is 1. The monoisotopic (exact) mass is 364 g/mol. The summed E-state index contributed by atoms with van der Waals surface area (Å²) in [7, 11) is 0.245. The second kappa shape index (κ2) is 6.57. The smallest absolute Gasteiger partial charge is 0.275 e. The SMILES string of the molecule is CNC(=O)c1nn(CN(C)[C@H]2CCS(=O)(=O)C2)c(=O)c2ccccc12. The van der Waals surface area contributed by atoms with Gasteiger partial charge in [-0.2, -0.15) is 5.10 Å². The predicted octanol–water partition coefficient (Wildman–Crippen LogP) is -0.167. The van der Waals surface area contributed by atoms with Gasteiger partial charge in [-0.15, -0.1) is 0 Å². The van der Waals surface area contributed by atoms with Crippen molar-refractivity contribution in [2.24, 2.45) is 0 Å². The summed E-state index contributed by atoms with van der Waals surface area (Å²) in [6, 6.07) is 6.66. The molecule has 8 nitrogen and oxygen atoms in total. The summed E-state index contributed by atoms with van der Waals surface area (Å²) in [4.78, 5) is 26.6. The Hall–Kier alpha value is -2.26. The van der Waals surface area contributed by atoms with Crippen molar-refractivity contribution in [3.63, 3.8) is 0 Å². The van der Waals surface area contributed by atoms with E-state index in [1.807, 2.05) is 0 Å². The molecule has 0 radical (unpaired) electrons. The zero-order valence-electron chi connectivity index (χ0n) is 14.1. The molecule has 1 N–H and O–H groups in total. The molecule has 2 heterocycles. The highest BCUT2D eigenvalue weighted by molar-refractivity contribution is 7.91. The first-order chi connectivity index (χ1) is 11.8. The predicted molar refractivity (Wildman–Crippen MR) is 94.2 cm³/mol. The summed E-state index contributed by atoms with van der Waals surface area (Å²) in [6.45, 7) is 0.119. The molecule has 1 aromatic heterocycles. The molecular formula is C16H20N4O4S. The molecule has 0 bridgehead atoms.